The lowest BCUT2D eigenvalue weighted by molar-refractivity contribution is 0.237. The van der Waals surface area contributed by atoms with Crippen molar-refractivity contribution in [1.82, 2.24) is 9.62 Å². The Labute approximate surface area is 70.5 Å². The average molecular weight is 174 g/mol. The maximum absolute atomic E-state index is 10.8. The van der Waals surface area contributed by atoms with Crippen LogP contribution in [-0.2, 0) is 0 Å². The van der Waals surface area contributed by atoms with Crippen molar-refractivity contribution in [2.24, 2.45) is 10.9 Å². The van der Waals surface area contributed by atoms with E-state index >= 15 is 0 Å². The topological polar surface area (TPSA) is 70.7 Å². The number of carbonyl (C=O) groups is 1. The van der Waals surface area contributed by atoms with Crippen LogP contribution in [0.25, 0.3) is 0 Å². The monoisotopic (exact) mass is 174 g/mol. The number of hydrazone groups is 1. The van der Waals surface area contributed by atoms with Gasteiger partial charge in [0.15, 0.2) is 0 Å². The van der Waals surface area contributed by atoms with Crippen LogP contribution < -0.4 is 11.2 Å². The van der Waals surface area contributed by atoms with Gasteiger partial charge in [-0.2, -0.15) is 5.10 Å². The molecular formula is C5H10N4OS. The highest BCUT2D eigenvalue weighted by molar-refractivity contribution is 7.78. The molecule has 0 unspecified atom stereocenters. The molecule has 0 aliphatic carbocycles. The zero-order valence-electron chi connectivity index (χ0n) is 5.90. The number of nitrogens with two attached hydrogens (primary N) is 1. The van der Waals surface area contributed by atoms with E-state index in [1.807, 2.05) is 0 Å². The fourth-order valence-electron chi connectivity index (χ4n) is 0.356. The Morgan fingerprint density at radius 1 is 1.91 bits per heavy atom. The first-order valence-electron chi connectivity index (χ1n) is 2.82. The van der Waals surface area contributed by atoms with Crippen LogP contribution in [0.3, 0.4) is 0 Å². The van der Waals surface area contributed by atoms with Crippen LogP contribution in [0.2, 0.25) is 0 Å². The highest BCUT2D eigenvalue weighted by Gasteiger charge is 2.03. The first kappa shape index (κ1) is 9.83. The third-order valence-corrected chi connectivity index (χ3v) is 1.07. The minimum absolute atomic E-state index is 0.383. The molecule has 0 aliphatic rings. The van der Waals surface area contributed by atoms with Crippen LogP contribution in [-0.4, -0.2) is 23.2 Å². The van der Waals surface area contributed by atoms with Gasteiger partial charge in [0.2, 0.25) is 0 Å². The van der Waals surface area contributed by atoms with Crippen molar-refractivity contribution in [2.45, 2.75) is 0 Å². The van der Waals surface area contributed by atoms with Gasteiger partial charge in [-0.15, -0.1) is 6.58 Å². The zero-order valence-corrected chi connectivity index (χ0v) is 6.79. The Morgan fingerprint density at radius 2 is 2.55 bits per heavy atom. The van der Waals surface area contributed by atoms with Crippen LogP contribution in [0.4, 0.5) is 4.79 Å². The molecule has 11 heavy (non-hydrogen) atoms. The first-order valence-corrected chi connectivity index (χ1v) is 3.22. The summed E-state index contributed by atoms with van der Waals surface area (Å²) in [6.07, 6.45) is 2.64. The highest BCUT2D eigenvalue weighted by Crippen LogP contribution is 1.87. The van der Waals surface area contributed by atoms with Crippen molar-refractivity contribution in [1.29, 1.82) is 0 Å². The molecule has 0 aromatic heterocycles. The first-order chi connectivity index (χ1) is 5.22. The molecule has 0 aromatic rings. The summed E-state index contributed by atoms with van der Waals surface area (Å²) in [5, 5.41) is 5.57. The van der Waals surface area contributed by atoms with Gasteiger partial charge in [-0.1, -0.05) is 18.9 Å². The SMILES string of the molecule is C=CCNC(=O)N(S)C=NN. The van der Waals surface area contributed by atoms with Crippen LogP contribution in [0.1, 0.15) is 0 Å². The van der Waals surface area contributed by atoms with Crippen LogP contribution in [0.15, 0.2) is 17.8 Å². The van der Waals surface area contributed by atoms with E-state index in [1.54, 1.807) is 6.08 Å². The van der Waals surface area contributed by atoms with Crippen molar-refractivity contribution in [3.63, 3.8) is 0 Å². The standard InChI is InChI=1S/C5H10N4OS/c1-2-3-7-5(10)9(11)4-8-6/h2,4,11H,1,3,6H2,(H,7,10). The van der Waals surface area contributed by atoms with Crippen molar-refractivity contribution in [2.75, 3.05) is 6.54 Å². The molecule has 0 atom stereocenters. The lowest BCUT2D eigenvalue weighted by Crippen LogP contribution is -2.33. The van der Waals surface area contributed by atoms with E-state index < -0.39 is 6.03 Å². The predicted octanol–water partition coefficient (Wildman–Crippen LogP) is -0.0692. The van der Waals surface area contributed by atoms with Crippen LogP contribution >= 0.6 is 12.8 Å². The Balaban J connectivity index is 3.72. The summed E-state index contributed by atoms with van der Waals surface area (Å²) in [6.45, 7) is 3.80. The maximum atomic E-state index is 10.8. The third-order valence-electron chi connectivity index (χ3n) is 0.782. The molecular weight excluding hydrogens is 164 g/mol. The van der Waals surface area contributed by atoms with Gasteiger partial charge >= 0.3 is 6.03 Å². The quantitative estimate of drug-likeness (QED) is 0.140. The molecule has 0 heterocycles. The number of nitrogens with one attached hydrogen (secondary N) is 1. The Hall–Kier alpha value is -1.17. The zero-order chi connectivity index (χ0) is 8.69. The molecule has 5 nitrogen and oxygen atoms in total. The third kappa shape index (κ3) is 4.26. The summed E-state index contributed by atoms with van der Waals surface area (Å²) in [5.74, 6) is 4.77. The van der Waals surface area contributed by atoms with Crippen molar-refractivity contribution in [3.8, 4) is 0 Å². The van der Waals surface area contributed by atoms with Gasteiger partial charge in [0, 0.05) is 6.54 Å². The number of hydrogen-bond donors (Lipinski definition) is 3. The summed E-state index contributed by atoms with van der Waals surface area (Å²) in [4.78, 5) is 10.8. The summed E-state index contributed by atoms with van der Waals surface area (Å²) >= 11 is 3.74. The fourth-order valence-corrected chi connectivity index (χ4v) is 0.486. The smallest absolute Gasteiger partial charge is 0.333 e. The largest absolute Gasteiger partial charge is 0.333 e. The molecule has 3 N–H and O–H groups in total. The minimum atomic E-state index is -0.401. The van der Waals surface area contributed by atoms with E-state index in [0.29, 0.717) is 6.54 Å². The molecule has 0 saturated heterocycles. The number of amides is 2. The molecule has 0 rings (SSSR count). The van der Waals surface area contributed by atoms with E-state index in [-0.39, 0.29) is 0 Å². The molecule has 0 spiro atoms. The van der Waals surface area contributed by atoms with E-state index in [4.69, 9.17) is 5.84 Å². The molecule has 62 valence electrons. The fraction of sp³-hybridized carbons (Fsp3) is 0.200. The van der Waals surface area contributed by atoms with Crippen LogP contribution in [0, 0.1) is 0 Å². The Kier molecular flexibility index (Phi) is 5.01. The Morgan fingerprint density at radius 3 is 3.00 bits per heavy atom. The normalized spacial score (nSPS) is 9.55. The van der Waals surface area contributed by atoms with E-state index in [9.17, 15) is 4.79 Å². The lowest BCUT2D eigenvalue weighted by Gasteiger charge is -2.08. The number of hydrogen-bond acceptors (Lipinski definition) is 4. The van der Waals surface area contributed by atoms with Gasteiger partial charge in [0.25, 0.3) is 0 Å². The van der Waals surface area contributed by atoms with Crippen molar-refractivity contribution in [3.05, 3.63) is 12.7 Å². The van der Waals surface area contributed by atoms with E-state index in [0.717, 1.165) is 10.6 Å². The Bertz CT molecular complexity index is 170. The molecule has 2 amide bonds. The number of thiol groups is 1. The minimum Gasteiger partial charge on any atom is -0.333 e. The second-order valence-corrected chi connectivity index (χ2v) is 2.01. The average Bonchev–Trinajstić information content (AvgIpc) is 2.00. The predicted molar refractivity (Wildman–Crippen MR) is 47.1 cm³/mol. The van der Waals surface area contributed by atoms with Gasteiger partial charge in [0.1, 0.15) is 6.34 Å². The molecule has 0 aromatic carbocycles. The summed E-state index contributed by atoms with van der Waals surface area (Å²) in [5.41, 5.74) is 0. The number of urea groups is 1. The molecule has 0 saturated carbocycles. The van der Waals surface area contributed by atoms with Gasteiger partial charge < -0.3 is 11.2 Å². The highest BCUT2D eigenvalue weighted by atomic mass is 32.1. The summed E-state index contributed by atoms with van der Waals surface area (Å²) < 4.78 is 0.934. The number of carbonyl (C=O) groups excluding carboxylic acids is 1. The van der Waals surface area contributed by atoms with Gasteiger partial charge in [-0.25, -0.2) is 9.10 Å². The molecule has 6 heteroatoms. The second-order valence-electron chi connectivity index (χ2n) is 1.58. The maximum Gasteiger partial charge on any atom is 0.333 e. The van der Waals surface area contributed by atoms with Crippen molar-refractivity contribution >= 4 is 25.2 Å². The number of nitrogens with zero attached hydrogens (tertiary/aromatic N) is 2. The summed E-state index contributed by atoms with van der Waals surface area (Å²) in [7, 11) is 0. The number of rotatable bonds is 3. The van der Waals surface area contributed by atoms with Gasteiger partial charge in [-0.05, 0) is 0 Å². The van der Waals surface area contributed by atoms with Gasteiger partial charge in [-0.3, -0.25) is 0 Å². The molecule has 0 fully saturated rings. The van der Waals surface area contributed by atoms with Gasteiger partial charge in [0.05, 0.1) is 0 Å². The second kappa shape index (κ2) is 5.60. The van der Waals surface area contributed by atoms with Crippen LogP contribution in [0.5, 0.6) is 0 Å². The molecule has 0 aliphatic heterocycles. The van der Waals surface area contributed by atoms with E-state index in [1.165, 1.54) is 0 Å². The van der Waals surface area contributed by atoms with Crippen molar-refractivity contribution < 1.29 is 4.79 Å². The summed E-state index contributed by atoms with van der Waals surface area (Å²) in [6, 6.07) is -0.401. The molecule has 0 bridgehead atoms. The lowest BCUT2D eigenvalue weighted by atomic mass is 10.6. The molecule has 0 radical (unpaired) electrons. The van der Waals surface area contributed by atoms with E-state index in [2.05, 4.69) is 29.8 Å².